The molecule has 0 spiro atoms. The van der Waals surface area contributed by atoms with E-state index in [1.54, 1.807) is 4.90 Å². The molecule has 0 unspecified atom stereocenters. The summed E-state index contributed by atoms with van der Waals surface area (Å²) < 4.78 is 2.08. The van der Waals surface area contributed by atoms with Crippen LogP contribution in [0.15, 0.2) is 60.7 Å². The van der Waals surface area contributed by atoms with Crippen molar-refractivity contribution in [1.29, 1.82) is 0 Å². The van der Waals surface area contributed by atoms with Gasteiger partial charge in [0.25, 0.3) is 5.91 Å². The molecule has 0 bridgehead atoms. The van der Waals surface area contributed by atoms with Gasteiger partial charge < -0.3 is 14.8 Å². The van der Waals surface area contributed by atoms with Gasteiger partial charge in [0, 0.05) is 18.5 Å². The third-order valence-electron chi connectivity index (χ3n) is 5.73. The van der Waals surface area contributed by atoms with Gasteiger partial charge in [-0.15, -0.1) is 0 Å². The molecular weight excluding hydrogens is 382 g/mol. The number of carbonyl (C=O) groups is 1. The van der Waals surface area contributed by atoms with E-state index >= 15 is 0 Å². The number of hydrogen-bond donors (Lipinski definition) is 2. The van der Waals surface area contributed by atoms with E-state index in [2.05, 4.69) is 22.0 Å². The quantitative estimate of drug-likeness (QED) is 0.643. The molecule has 2 aromatic carbocycles. The van der Waals surface area contributed by atoms with Gasteiger partial charge in [-0.2, -0.15) is 0 Å². The van der Waals surface area contributed by atoms with E-state index in [-0.39, 0.29) is 5.91 Å². The van der Waals surface area contributed by atoms with Gasteiger partial charge in [0.15, 0.2) is 0 Å². The molecule has 0 atom stereocenters. The molecule has 0 aliphatic carbocycles. The Kier molecular flexibility index (Phi) is 6.02. The van der Waals surface area contributed by atoms with Crippen LogP contribution in [0, 0.1) is 6.92 Å². The fourth-order valence-electron chi connectivity index (χ4n) is 4.17. The number of rotatable bonds is 6. The first-order valence-electron chi connectivity index (χ1n) is 10.3. The topological polar surface area (TPSA) is 38.5 Å². The van der Waals surface area contributed by atoms with E-state index in [4.69, 9.17) is 11.6 Å². The number of para-hydroxylation sites is 1. The highest BCUT2D eigenvalue weighted by Crippen LogP contribution is 2.32. The smallest absolute Gasteiger partial charge is 0.253 e. The number of hydrogen-bond acceptors (Lipinski definition) is 1. The number of benzene rings is 2. The lowest BCUT2D eigenvalue weighted by Crippen LogP contribution is -3.10. The van der Waals surface area contributed by atoms with Crippen LogP contribution in [-0.2, 0) is 0 Å². The number of quaternary nitrogens is 1. The minimum absolute atomic E-state index is 0.0240. The van der Waals surface area contributed by atoms with Gasteiger partial charge in [0.1, 0.15) is 0 Å². The average Bonchev–Trinajstić information content (AvgIpc) is 3.37. The van der Waals surface area contributed by atoms with E-state index in [9.17, 15) is 4.79 Å². The van der Waals surface area contributed by atoms with Crippen LogP contribution in [0.2, 0.25) is 5.02 Å². The Bertz CT molecular complexity index is 991. The van der Waals surface area contributed by atoms with Crippen LogP contribution in [0.4, 0.5) is 0 Å². The SMILES string of the molecule is Cc1c(C(=O)NCC[NH+]2CCCC2)cc(-c2ccccc2)n1-c1ccccc1Cl. The van der Waals surface area contributed by atoms with Gasteiger partial charge in [0.2, 0.25) is 0 Å². The molecular formula is C24H27ClN3O+. The molecule has 0 radical (unpaired) electrons. The Labute approximate surface area is 177 Å². The zero-order valence-corrected chi connectivity index (χ0v) is 17.5. The molecule has 1 aromatic heterocycles. The van der Waals surface area contributed by atoms with E-state index in [1.165, 1.54) is 25.9 Å². The second-order valence-electron chi connectivity index (χ2n) is 7.64. The first-order chi connectivity index (χ1) is 14.1. The zero-order valence-electron chi connectivity index (χ0n) is 16.7. The lowest BCUT2D eigenvalue weighted by atomic mass is 10.1. The van der Waals surface area contributed by atoms with Crippen LogP contribution in [0.3, 0.4) is 0 Å². The van der Waals surface area contributed by atoms with Gasteiger partial charge in [-0.3, -0.25) is 4.79 Å². The fourth-order valence-corrected chi connectivity index (χ4v) is 4.39. The molecule has 1 amide bonds. The molecule has 2 N–H and O–H groups in total. The van der Waals surface area contributed by atoms with Crippen LogP contribution in [0.1, 0.15) is 28.9 Å². The predicted octanol–water partition coefficient (Wildman–Crippen LogP) is 3.51. The summed E-state index contributed by atoms with van der Waals surface area (Å²) in [5, 5.41) is 3.78. The second kappa shape index (κ2) is 8.85. The van der Waals surface area contributed by atoms with Crippen LogP contribution in [0.25, 0.3) is 16.9 Å². The second-order valence-corrected chi connectivity index (χ2v) is 8.05. The summed E-state index contributed by atoms with van der Waals surface area (Å²) in [5.74, 6) is -0.0240. The van der Waals surface area contributed by atoms with Gasteiger partial charge in [0.05, 0.1) is 48.1 Å². The lowest BCUT2D eigenvalue weighted by molar-refractivity contribution is -0.886. The molecule has 1 saturated heterocycles. The lowest BCUT2D eigenvalue weighted by Gasteiger charge is -2.14. The van der Waals surface area contributed by atoms with Crippen molar-refractivity contribution in [3.05, 3.63) is 76.9 Å². The fraction of sp³-hybridized carbons (Fsp3) is 0.292. The van der Waals surface area contributed by atoms with Crippen LogP contribution in [0.5, 0.6) is 0 Å². The molecule has 5 heteroatoms. The first kappa shape index (κ1) is 19.7. The number of aromatic nitrogens is 1. The van der Waals surface area contributed by atoms with E-state index in [1.807, 2.05) is 55.5 Å². The van der Waals surface area contributed by atoms with Crippen molar-refractivity contribution in [2.24, 2.45) is 0 Å². The molecule has 2 heterocycles. The van der Waals surface area contributed by atoms with Crippen molar-refractivity contribution in [2.45, 2.75) is 19.8 Å². The molecule has 1 fully saturated rings. The number of nitrogens with zero attached hydrogens (tertiary/aromatic N) is 1. The van der Waals surface area contributed by atoms with E-state index < -0.39 is 0 Å². The highest BCUT2D eigenvalue weighted by molar-refractivity contribution is 6.32. The monoisotopic (exact) mass is 408 g/mol. The molecule has 0 saturated carbocycles. The van der Waals surface area contributed by atoms with Crippen LogP contribution >= 0.6 is 11.6 Å². The van der Waals surface area contributed by atoms with Crippen molar-refractivity contribution in [3.63, 3.8) is 0 Å². The first-order valence-corrected chi connectivity index (χ1v) is 10.7. The number of halogens is 1. The summed E-state index contributed by atoms with van der Waals surface area (Å²) in [4.78, 5) is 14.6. The Morgan fingerprint density at radius 1 is 1.07 bits per heavy atom. The maximum Gasteiger partial charge on any atom is 0.253 e. The Hall–Kier alpha value is -2.56. The molecule has 150 valence electrons. The Balaban J connectivity index is 1.66. The maximum absolute atomic E-state index is 13.0. The Morgan fingerprint density at radius 3 is 2.48 bits per heavy atom. The summed E-state index contributed by atoms with van der Waals surface area (Å²) in [7, 11) is 0. The number of likely N-dealkylation sites (tertiary alicyclic amines) is 1. The number of amides is 1. The van der Waals surface area contributed by atoms with Crippen LogP contribution < -0.4 is 10.2 Å². The maximum atomic E-state index is 13.0. The van der Waals surface area contributed by atoms with Crippen molar-refractivity contribution < 1.29 is 9.69 Å². The van der Waals surface area contributed by atoms with Gasteiger partial charge >= 0.3 is 0 Å². The number of carbonyl (C=O) groups excluding carboxylic acids is 1. The normalized spacial score (nSPS) is 14.3. The third-order valence-corrected chi connectivity index (χ3v) is 6.05. The van der Waals surface area contributed by atoms with Gasteiger partial charge in [-0.25, -0.2) is 0 Å². The summed E-state index contributed by atoms with van der Waals surface area (Å²) >= 11 is 6.51. The predicted molar refractivity (Wildman–Crippen MR) is 118 cm³/mol. The molecule has 4 nitrogen and oxygen atoms in total. The standard InChI is InChI=1S/C24H26ClN3O/c1-18-20(24(29)26-13-16-27-14-7-8-15-27)17-23(19-9-3-2-4-10-19)28(18)22-12-6-5-11-21(22)25/h2-6,9-12,17H,7-8,13-16H2,1H3,(H,26,29)/p+1. The van der Waals surface area contributed by atoms with Gasteiger partial charge in [-0.05, 0) is 30.7 Å². The van der Waals surface area contributed by atoms with Crippen molar-refractivity contribution in [2.75, 3.05) is 26.2 Å². The Morgan fingerprint density at radius 2 is 1.76 bits per heavy atom. The molecule has 1 aliphatic heterocycles. The zero-order chi connectivity index (χ0) is 20.2. The highest BCUT2D eigenvalue weighted by Gasteiger charge is 2.21. The van der Waals surface area contributed by atoms with E-state index in [0.717, 1.165) is 29.2 Å². The summed E-state index contributed by atoms with van der Waals surface area (Å²) in [6, 6.07) is 19.8. The number of nitrogens with one attached hydrogen (secondary N) is 2. The summed E-state index contributed by atoms with van der Waals surface area (Å²) in [5.41, 5.74) is 4.48. The summed E-state index contributed by atoms with van der Waals surface area (Å²) in [6.07, 6.45) is 2.59. The average molecular weight is 409 g/mol. The van der Waals surface area contributed by atoms with Crippen molar-refractivity contribution in [3.8, 4) is 16.9 Å². The van der Waals surface area contributed by atoms with Crippen LogP contribution in [-0.4, -0.2) is 36.7 Å². The van der Waals surface area contributed by atoms with Gasteiger partial charge in [-0.1, -0.05) is 54.1 Å². The molecule has 4 rings (SSSR count). The minimum Gasteiger partial charge on any atom is -0.346 e. The molecule has 3 aromatic rings. The molecule has 1 aliphatic rings. The van der Waals surface area contributed by atoms with E-state index in [0.29, 0.717) is 17.1 Å². The highest BCUT2D eigenvalue weighted by atomic mass is 35.5. The minimum atomic E-state index is -0.0240. The van der Waals surface area contributed by atoms with Crippen molar-refractivity contribution >= 4 is 17.5 Å². The van der Waals surface area contributed by atoms with Crippen molar-refractivity contribution in [1.82, 2.24) is 9.88 Å². The molecule has 29 heavy (non-hydrogen) atoms. The summed E-state index contributed by atoms with van der Waals surface area (Å²) in [6.45, 7) is 6.11. The largest absolute Gasteiger partial charge is 0.346 e. The third kappa shape index (κ3) is 4.24.